The van der Waals surface area contributed by atoms with E-state index in [1.165, 1.54) is 0 Å². The van der Waals surface area contributed by atoms with Crippen LogP contribution < -0.4 is 5.73 Å². The van der Waals surface area contributed by atoms with E-state index in [4.69, 9.17) is 10.5 Å². The molecule has 0 saturated carbocycles. The van der Waals surface area contributed by atoms with Crippen molar-refractivity contribution >= 4 is 11.6 Å². The Morgan fingerprint density at radius 2 is 2.21 bits per heavy atom. The van der Waals surface area contributed by atoms with Gasteiger partial charge >= 0.3 is 0 Å². The summed E-state index contributed by atoms with van der Waals surface area (Å²) in [5, 5.41) is 0. The molecule has 0 spiro atoms. The highest BCUT2D eigenvalue weighted by Crippen LogP contribution is 2.16. The molecule has 5 heteroatoms. The fourth-order valence-corrected chi connectivity index (χ4v) is 2.25. The number of rotatable bonds is 4. The first-order valence-electron chi connectivity index (χ1n) is 6.67. The number of hydrogen-bond acceptors (Lipinski definition) is 4. The van der Waals surface area contributed by atoms with Crippen molar-refractivity contribution in [3.63, 3.8) is 0 Å². The number of pyridine rings is 1. The zero-order chi connectivity index (χ0) is 13.7. The molecule has 104 valence electrons. The summed E-state index contributed by atoms with van der Waals surface area (Å²) in [4.78, 5) is 18.0. The molecule has 1 aromatic heterocycles. The molecule has 0 aromatic carbocycles. The molecule has 1 aliphatic rings. The normalized spacial score (nSPS) is 16.3. The van der Waals surface area contributed by atoms with Gasteiger partial charge in [-0.15, -0.1) is 0 Å². The number of likely N-dealkylation sites (N-methyl/N-ethyl adjacent to an activating group) is 1. The van der Waals surface area contributed by atoms with Crippen LogP contribution in [0.1, 0.15) is 18.5 Å². The molecular weight excluding hydrogens is 242 g/mol. The Morgan fingerprint density at radius 1 is 1.47 bits per heavy atom. The number of carbonyl (C=O) groups excluding carboxylic acids is 1. The van der Waals surface area contributed by atoms with Gasteiger partial charge in [-0.1, -0.05) is 0 Å². The molecule has 0 unspecified atom stereocenters. The van der Waals surface area contributed by atoms with Crippen molar-refractivity contribution in [3.8, 4) is 0 Å². The first kappa shape index (κ1) is 13.8. The highest BCUT2D eigenvalue weighted by atomic mass is 16.5. The molecule has 1 fully saturated rings. The summed E-state index contributed by atoms with van der Waals surface area (Å²) in [6, 6.07) is 3.57. The summed E-state index contributed by atoms with van der Waals surface area (Å²) in [6.45, 7) is 2.43. The summed E-state index contributed by atoms with van der Waals surface area (Å²) in [7, 11) is 1.86. The summed E-state index contributed by atoms with van der Waals surface area (Å²) >= 11 is 0. The third kappa shape index (κ3) is 4.21. The van der Waals surface area contributed by atoms with Crippen LogP contribution in [0.2, 0.25) is 0 Å². The second-order valence-corrected chi connectivity index (χ2v) is 5.09. The van der Waals surface area contributed by atoms with Crippen LogP contribution in [0, 0.1) is 5.92 Å². The molecule has 5 nitrogen and oxygen atoms in total. The third-order valence-corrected chi connectivity index (χ3v) is 3.48. The van der Waals surface area contributed by atoms with Crippen molar-refractivity contribution in [2.24, 2.45) is 5.92 Å². The molecule has 2 rings (SSSR count). The van der Waals surface area contributed by atoms with Crippen LogP contribution in [-0.2, 0) is 16.0 Å². The minimum Gasteiger partial charge on any atom is -0.397 e. The molecule has 1 amide bonds. The lowest BCUT2D eigenvalue weighted by molar-refractivity contribution is -0.130. The number of ether oxygens (including phenoxy) is 1. The third-order valence-electron chi connectivity index (χ3n) is 3.48. The van der Waals surface area contributed by atoms with Crippen molar-refractivity contribution in [3.05, 3.63) is 24.0 Å². The Bertz CT molecular complexity index is 413. The smallest absolute Gasteiger partial charge is 0.228 e. The molecular formula is C14H21N3O2. The van der Waals surface area contributed by atoms with Crippen molar-refractivity contribution in [1.82, 2.24) is 9.88 Å². The Hall–Kier alpha value is -1.62. The Kier molecular flexibility index (Phi) is 4.74. The van der Waals surface area contributed by atoms with Gasteiger partial charge in [0.1, 0.15) is 0 Å². The van der Waals surface area contributed by atoms with Gasteiger partial charge in [-0.25, -0.2) is 0 Å². The van der Waals surface area contributed by atoms with Crippen LogP contribution in [0.15, 0.2) is 18.3 Å². The maximum Gasteiger partial charge on any atom is 0.228 e. The molecule has 2 N–H and O–H groups in total. The summed E-state index contributed by atoms with van der Waals surface area (Å²) < 4.78 is 5.32. The van der Waals surface area contributed by atoms with Gasteiger partial charge in [0.25, 0.3) is 0 Å². The SMILES string of the molecule is CN(CC1CCOCC1)C(=O)Cc1ccc(N)cn1. The van der Waals surface area contributed by atoms with Crippen LogP contribution in [0.4, 0.5) is 5.69 Å². The second-order valence-electron chi connectivity index (χ2n) is 5.09. The van der Waals surface area contributed by atoms with Gasteiger partial charge in [-0.2, -0.15) is 0 Å². The zero-order valence-corrected chi connectivity index (χ0v) is 11.3. The van der Waals surface area contributed by atoms with Crippen molar-refractivity contribution in [1.29, 1.82) is 0 Å². The molecule has 1 aromatic rings. The highest BCUT2D eigenvalue weighted by molar-refractivity contribution is 5.78. The van der Waals surface area contributed by atoms with Crippen LogP contribution >= 0.6 is 0 Å². The van der Waals surface area contributed by atoms with Crippen LogP contribution in [-0.4, -0.2) is 42.6 Å². The van der Waals surface area contributed by atoms with Gasteiger partial charge < -0.3 is 15.4 Å². The highest BCUT2D eigenvalue weighted by Gasteiger charge is 2.18. The minimum absolute atomic E-state index is 0.101. The van der Waals surface area contributed by atoms with Crippen molar-refractivity contribution in [2.45, 2.75) is 19.3 Å². The van der Waals surface area contributed by atoms with E-state index >= 15 is 0 Å². The molecule has 19 heavy (non-hydrogen) atoms. The lowest BCUT2D eigenvalue weighted by Crippen LogP contribution is -2.35. The average Bonchev–Trinajstić information content (AvgIpc) is 2.42. The van der Waals surface area contributed by atoms with Gasteiger partial charge in [-0.05, 0) is 30.9 Å². The number of amides is 1. The first-order chi connectivity index (χ1) is 9.15. The Morgan fingerprint density at radius 3 is 2.84 bits per heavy atom. The topological polar surface area (TPSA) is 68.5 Å². The van der Waals surface area contributed by atoms with E-state index in [2.05, 4.69) is 4.98 Å². The number of hydrogen-bond donors (Lipinski definition) is 1. The molecule has 1 saturated heterocycles. The van der Waals surface area contributed by atoms with Gasteiger partial charge in [-0.3, -0.25) is 9.78 Å². The zero-order valence-electron chi connectivity index (χ0n) is 11.3. The van der Waals surface area contributed by atoms with E-state index in [0.717, 1.165) is 38.3 Å². The predicted octanol–water partition coefficient (Wildman–Crippen LogP) is 1.09. The van der Waals surface area contributed by atoms with Crippen LogP contribution in [0.5, 0.6) is 0 Å². The fourth-order valence-electron chi connectivity index (χ4n) is 2.25. The predicted molar refractivity (Wildman–Crippen MR) is 73.5 cm³/mol. The number of anilines is 1. The van der Waals surface area contributed by atoms with Gasteiger partial charge in [0.2, 0.25) is 5.91 Å². The lowest BCUT2D eigenvalue weighted by atomic mass is 10.00. The van der Waals surface area contributed by atoms with Crippen LogP contribution in [0.3, 0.4) is 0 Å². The standard InChI is InChI=1S/C14H21N3O2/c1-17(10-11-4-6-19-7-5-11)14(18)8-13-3-2-12(15)9-16-13/h2-3,9,11H,4-8,10,15H2,1H3. The Labute approximate surface area is 113 Å². The van der Waals surface area contributed by atoms with E-state index < -0.39 is 0 Å². The molecule has 0 radical (unpaired) electrons. The maximum absolute atomic E-state index is 12.1. The number of nitrogens with zero attached hydrogens (tertiary/aromatic N) is 2. The van der Waals surface area contributed by atoms with Crippen LogP contribution in [0.25, 0.3) is 0 Å². The van der Waals surface area contributed by atoms with Gasteiger partial charge in [0.15, 0.2) is 0 Å². The van der Waals surface area contributed by atoms with E-state index in [1.807, 2.05) is 7.05 Å². The van der Waals surface area contributed by atoms with Crippen molar-refractivity contribution < 1.29 is 9.53 Å². The minimum atomic E-state index is 0.101. The maximum atomic E-state index is 12.1. The largest absolute Gasteiger partial charge is 0.397 e. The number of nitrogen functional groups attached to an aromatic ring is 1. The fraction of sp³-hybridized carbons (Fsp3) is 0.571. The summed E-state index contributed by atoms with van der Waals surface area (Å²) in [6.07, 6.45) is 4.00. The first-order valence-corrected chi connectivity index (χ1v) is 6.67. The summed E-state index contributed by atoms with van der Waals surface area (Å²) in [5.74, 6) is 0.658. The van der Waals surface area contributed by atoms with E-state index in [9.17, 15) is 4.79 Å². The van der Waals surface area contributed by atoms with E-state index in [-0.39, 0.29) is 5.91 Å². The summed E-state index contributed by atoms with van der Waals surface area (Å²) in [5.41, 5.74) is 6.95. The van der Waals surface area contributed by atoms with E-state index in [0.29, 0.717) is 18.0 Å². The average molecular weight is 263 g/mol. The Balaban J connectivity index is 1.83. The number of carbonyl (C=O) groups is 1. The van der Waals surface area contributed by atoms with Gasteiger partial charge in [0.05, 0.1) is 18.3 Å². The monoisotopic (exact) mass is 263 g/mol. The van der Waals surface area contributed by atoms with E-state index in [1.54, 1.807) is 23.2 Å². The molecule has 0 bridgehead atoms. The quantitative estimate of drug-likeness (QED) is 0.883. The molecule has 1 aliphatic heterocycles. The molecule has 2 heterocycles. The number of nitrogens with two attached hydrogens (primary N) is 1. The lowest BCUT2D eigenvalue weighted by Gasteiger charge is -2.27. The molecule has 0 atom stereocenters. The second kappa shape index (κ2) is 6.52. The van der Waals surface area contributed by atoms with Gasteiger partial charge in [0, 0.05) is 32.5 Å². The number of aromatic nitrogens is 1. The van der Waals surface area contributed by atoms with Crippen molar-refractivity contribution in [2.75, 3.05) is 32.5 Å². The molecule has 0 aliphatic carbocycles.